The van der Waals surface area contributed by atoms with Crippen molar-refractivity contribution in [1.29, 1.82) is 0 Å². The predicted octanol–water partition coefficient (Wildman–Crippen LogP) is 2.48. The Labute approximate surface area is 113 Å². The van der Waals surface area contributed by atoms with Gasteiger partial charge in [0.25, 0.3) is 0 Å². The molecule has 100 valence electrons. The van der Waals surface area contributed by atoms with Gasteiger partial charge in [0.05, 0.1) is 6.61 Å². The summed E-state index contributed by atoms with van der Waals surface area (Å²) in [6, 6.07) is 15.8. The summed E-state index contributed by atoms with van der Waals surface area (Å²) in [5, 5.41) is 12.1. The molecule has 19 heavy (non-hydrogen) atoms. The fourth-order valence-corrected chi connectivity index (χ4v) is 1.86. The maximum absolute atomic E-state index is 8.98. The molecule has 0 aromatic heterocycles. The van der Waals surface area contributed by atoms with E-state index in [0.717, 1.165) is 23.4 Å². The van der Waals surface area contributed by atoms with E-state index in [2.05, 4.69) is 11.4 Å². The normalized spacial score (nSPS) is 10.4. The SMILES string of the molecule is CNCc1cccc(OCc2ccc(CO)cc2)c1. The van der Waals surface area contributed by atoms with Crippen LogP contribution >= 0.6 is 0 Å². The average Bonchev–Trinajstić information content (AvgIpc) is 2.46. The van der Waals surface area contributed by atoms with Gasteiger partial charge in [0.15, 0.2) is 0 Å². The van der Waals surface area contributed by atoms with Crippen molar-refractivity contribution in [1.82, 2.24) is 5.32 Å². The van der Waals surface area contributed by atoms with Crippen molar-refractivity contribution in [2.24, 2.45) is 0 Å². The van der Waals surface area contributed by atoms with E-state index in [0.29, 0.717) is 6.61 Å². The molecule has 0 spiro atoms. The lowest BCUT2D eigenvalue weighted by atomic mass is 10.1. The van der Waals surface area contributed by atoms with Crippen molar-refractivity contribution in [3.63, 3.8) is 0 Å². The van der Waals surface area contributed by atoms with E-state index in [4.69, 9.17) is 9.84 Å². The Balaban J connectivity index is 1.95. The van der Waals surface area contributed by atoms with E-state index < -0.39 is 0 Å². The molecule has 0 aliphatic heterocycles. The number of rotatable bonds is 6. The first-order chi connectivity index (χ1) is 9.31. The Bertz CT molecular complexity index is 508. The minimum Gasteiger partial charge on any atom is -0.489 e. The van der Waals surface area contributed by atoms with Gasteiger partial charge < -0.3 is 15.2 Å². The first-order valence-corrected chi connectivity index (χ1v) is 6.37. The zero-order valence-electron chi connectivity index (χ0n) is 11.1. The Morgan fingerprint density at radius 1 is 1.00 bits per heavy atom. The second-order valence-electron chi connectivity index (χ2n) is 4.44. The van der Waals surface area contributed by atoms with Crippen LogP contribution in [0.3, 0.4) is 0 Å². The Morgan fingerprint density at radius 2 is 1.74 bits per heavy atom. The summed E-state index contributed by atoms with van der Waals surface area (Å²) >= 11 is 0. The van der Waals surface area contributed by atoms with Crippen LogP contribution in [0.15, 0.2) is 48.5 Å². The van der Waals surface area contributed by atoms with Crippen LogP contribution in [0.25, 0.3) is 0 Å². The van der Waals surface area contributed by atoms with Crippen LogP contribution in [0.5, 0.6) is 5.75 Å². The van der Waals surface area contributed by atoms with Crippen LogP contribution in [0.1, 0.15) is 16.7 Å². The average molecular weight is 257 g/mol. The van der Waals surface area contributed by atoms with Gasteiger partial charge in [0.1, 0.15) is 12.4 Å². The molecule has 0 atom stereocenters. The topological polar surface area (TPSA) is 41.5 Å². The van der Waals surface area contributed by atoms with Crippen molar-refractivity contribution in [3.05, 3.63) is 65.2 Å². The number of nitrogens with one attached hydrogen (secondary N) is 1. The summed E-state index contributed by atoms with van der Waals surface area (Å²) in [6.07, 6.45) is 0. The fourth-order valence-electron chi connectivity index (χ4n) is 1.86. The second kappa shape index (κ2) is 6.92. The molecule has 2 rings (SSSR count). The number of hydrogen-bond donors (Lipinski definition) is 2. The summed E-state index contributed by atoms with van der Waals surface area (Å²) in [5.41, 5.74) is 3.21. The molecule has 0 bridgehead atoms. The monoisotopic (exact) mass is 257 g/mol. The van der Waals surface area contributed by atoms with E-state index in [1.54, 1.807) is 0 Å². The molecule has 0 aliphatic rings. The van der Waals surface area contributed by atoms with Crippen LogP contribution in [-0.2, 0) is 19.8 Å². The lowest BCUT2D eigenvalue weighted by molar-refractivity contribution is 0.281. The molecule has 0 saturated carbocycles. The predicted molar refractivity (Wildman–Crippen MR) is 75.9 cm³/mol. The van der Waals surface area contributed by atoms with Gasteiger partial charge in [-0.15, -0.1) is 0 Å². The summed E-state index contributed by atoms with van der Waals surface area (Å²) in [4.78, 5) is 0. The summed E-state index contributed by atoms with van der Waals surface area (Å²) in [5.74, 6) is 0.874. The molecular weight excluding hydrogens is 238 g/mol. The van der Waals surface area contributed by atoms with E-state index in [-0.39, 0.29) is 6.61 Å². The van der Waals surface area contributed by atoms with E-state index in [1.165, 1.54) is 5.56 Å². The summed E-state index contributed by atoms with van der Waals surface area (Å²) in [7, 11) is 1.93. The first-order valence-electron chi connectivity index (χ1n) is 6.37. The minimum atomic E-state index is 0.0766. The summed E-state index contributed by atoms with van der Waals surface area (Å²) in [6.45, 7) is 1.45. The molecule has 3 nitrogen and oxygen atoms in total. The van der Waals surface area contributed by atoms with Gasteiger partial charge in [-0.25, -0.2) is 0 Å². The highest BCUT2D eigenvalue weighted by Crippen LogP contribution is 2.15. The molecule has 2 aromatic rings. The van der Waals surface area contributed by atoms with Gasteiger partial charge in [-0.3, -0.25) is 0 Å². The lowest BCUT2D eigenvalue weighted by Gasteiger charge is -2.08. The molecule has 0 fully saturated rings. The zero-order valence-corrected chi connectivity index (χ0v) is 11.1. The van der Waals surface area contributed by atoms with Gasteiger partial charge >= 0.3 is 0 Å². The highest BCUT2D eigenvalue weighted by molar-refractivity contribution is 5.29. The third kappa shape index (κ3) is 4.09. The Kier molecular flexibility index (Phi) is 4.95. The number of aliphatic hydroxyl groups excluding tert-OH is 1. The van der Waals surface area contributed by atoms with Gasteiger partial charge in [0, 0.05) is 6.54 Å². The maximum Gasteiger partial charge on any atom is 0.120 e. The largest absolute Gasteiger partial charge is 0.489 e. The minimum absolute atomic E-state index is 0.0766. The second-order valence-corrected chi connectivity index (χ2v) is 4.44. The molecule has 2 N–H and O–H groups in total. The van der Waals surface area contributed by atoms with Gasteiger partial charge in [0.2, 0.25) is 0 Å². The number of hydrogen-bond acceptors (Lipinski definition) is 3. The smallest absolute Gasteiger partial charge is 0.120 e. The van der Waals surface area contributed by atoms with Crippen LogP contribution in [-0.4, -0.2) is 12.2 Å². The van der Waals surface area contributed by atoms with Gasteiger partial charge in [-0.2, -0.15) is 0 Å². The highest BCUT2D eigenvalue weighted by atomic mass is 16.5. The molecule has 0 saturated heterocycles. The van der Waals surface area contributed by atoms with Crippen LogP contribution in [0, 0.1) is 0 Å². The fraction of sp³-hybridized carbons (Fsp3) is 0.250. The molecule has 0 heterocycles. The quantitative estimate of drug-likeness (QED) is 0.835. The number of benzene rings is 2. The molecule has 0 radical (unpaired) electrons. The molecule has 2 aromatic carbocycles. The Hall–Kier alpha value is -1.84. The molecule has 3 heteroatoms. The highest BCUT2D eigenvalue weighted by Gasteiger charge is 1.98. The van der Waals surface area contributed by atoms with Crippen LogP contribution in [0.2, 0.25) is 0 Å². The van der Waals surface area contributed by atoms with Crippen molar-refractivity contribution >= 4 is 0 Å². The molecule has 0 aliphatic carbocycles. The van der Waals surface area contributed by atoms with Crippen LogP contribution in [0.4, 0.5) is 0 Å². The standard InChI is InChI=1S/C16H19NO2/c1-17-10-15-3-2-4-16(9-15)19-12-14-7-5-13(11-18)6-8-14/h2-9,17-18H,10-12H2,1H3. The third-order valence-electron chi connectivity index (χ3n) is 2.89. The van der Waals surface area contributed by atoms with Crippen molar-refractivity contribution < 1.29 is 9.84 Å². The lowest BCUT2D eigenvalue weighted by Crippen LogP contribution is -2.05. The van der Waals surface area contributed by atoms with Crippen LogP contribution < -0.4 is 10.1 Å². The third-order valence-corrected chi connectivity index (χ3v) is 2.89. The number of ether oxygens (including phenoxy) is 1. The van der Waals surface area contributed by atoms with Gasteiger partial charge in [-0.1, -0.05) is 36.4 Å². The molecule has 0 amide bonds. The zero-order chi connectivity index (χ0) is 13.5. The maximum atomic E-state index is 8.98. The van der Waals surface area contributed by atoms with E-state index in [9.17, 15) is 0 Å². The van der Waals surface area contributed by atoms with Crippen molar-refractivity contribution in [3.8, 4) is 5.75 Å². The first kappa shape index (κ1) is 13.6. The van der Waals surface area contributed by atoms with E-state index in [1.807, 2.05) is 49.5 Å². The summed E-state index contributed by atoms with van der Waals surface area (Å²) < 4.78 is 5.76. The van der Waals surface area contributed by atoms with E-state index >= 15 is 0 Å². The van der Waals surface area contributed by atoms with Crippen molar-refractivity contribution in [2.45, 2.75) is 19.8 Å². The van der Waals surface area contributed by atoms with Crippen molar-refractivity contribution in [2.75, 3.05) is 7.05 Å². The molecule has 0 unspecified atom stereocenters. The number of aliphatic hydroxyl groups is 1. The molecular formula is C16H19NO2. The Morgan fingerprint density at radius 3 is 2.42 bits per heavy atom. The van der Waals surface area contributed by atoms with Gasteiger partial charge in [-0.05, 0) is 35.9 Å².